The maximum atomic E-state index is 11.1. The van der Waals surface area contributed by atoms with Gasteiger partial charge >= 0.3 is 0 Å². The summed E-state index contributed by atoms with van der Waals surface area (Å²) in [6, 6.07) is 0. The van der Waals surface area contributed by atoms with Crippen molar-refractivity contribution in [2.45, 2.75) is 32.8 Å². The third-order valence-electron chi connectivity index (χ3n) is 3.17. The maximum Gasteiger partial charge on any atom is 0.219 e. The molecule has 0 N–H and O–H groups in total. The van der Waals surface area contributed by atoms with Crippen molar-refractivity contribution in [3.05, 3.63) is 0 Å². The first-order chi connectivity index (χ1) is 6.02. The number of hydrogen-bond acceptors (Lipinski definition) is 2. The number of ether oxygens (including phenoxy) is 1. The predicted molar refractivity (Wildman–Crippen MR) is 51.4 cm³/mol. The van der Waals surface area contributed by atoms with Gasteiger partial charge in [0.2, 0.25) is 5.91 Å². The van der Waals surface area contributed by atoms with Crippen molar-refractivity contribution in [2.75, 3.05) is 20.2 Å². The molecule has 0 aromatic carbocycles. The molecule has 1 atom stereocenters. The van der Waals surface area contributed by atoms with Crippen LogP contribution in [0.2, 0.25) is 0 Å². The Morgan fingerprint density at radius 3 is 2.38 bits per heavy atom. The van der Waals surface area contributed by atoms with Crippen molar-refractivity contribution in [1.82, 2.24) is 4.90 Å². The van der Waals surface area contributed by atoms with E-state index in [9.17, 15) is 4.79 Å². The highest BCUT2D eigenvalue weighted by Gasteiger charge is 2.41. The summed E-state index contributed by atoms with van der Waals surface area (Å²) in [5.41, 5.74) is -0.105. The number of likely N-dealkylation sites (tertiary alicyclic amines) is 1. The normalized spacial score (nSPS) is 28.5. The number of carbonyl (C=O) groups is 1. The molecule has 0 aromatic rings. The van der Waals surface area contributed by atoms with Crippen LogP contribution in [0.15, 0.2) is 0 Å². The third-order valence-corrected chi connectivity index (χ3v) is 3.17. The Kier molecular flexibility index (Phi) is 2.96. The number of hydrogen-bond donors (Lipinski definition) is 0. The molecular weight excluding hydrogens is 166 g/mol. The second-order valence-corrected chi connectivity index (χ2v) is 4.11. The Morgan fingerprint density at radius 2 is 2.15 bits per heavy atom. The van der Waals surface area contributed by atoms with Crippen molar-refractivity contribution in [1.29, 1.82) is 0 Å². The monoisotopic (exact) mass is 185 g/mol. The van der Waals surface area contributed by atoms with Gasteiger partial charge in [-0.1, -0.05) is 13.8 Å². The fourth-order valence-corrected chi connectivity index (χ4v) is 1.95. The summed E-state index contributed by atoms with van der Waals surface area (Å²) < 4.78 is 5.55. The van der Waals surface area contributed by atoms with Gasteiger partial charge in [0.15, 0.2) is 0 Å². The SMILES string of the molecule is COC1(C(C)C)CCN(C(C)=O)C1. The van der Waals surface area contributed by atoms with E-state index in [-0.39, 0.29) is 11.5 Å². The first kappa shape index (κ1) is 10.5. The number of carbonyl (C=O) groups excluding carboxylic acids is 1. The minimum atomic E-state index is -0.105. The fourth-order valence-electron chi connectivity index (χ4n) is 1.95. The molecule has 0 radical (unpaired) electrons. The van der Waals surface area contributed by atoms with E-state index in [1.165, 1.54) is 0 Å². The molecule has 1 rings (SSSR count). The molecule has 76 valence electrons. The van der Waals surface area contributed by atoms with Crippen LogP contribution < -0.4 is 0 Å². The van der Waals surface area contributed by atoms with E-state index in [0.29, 0.717) is 5.92 Å². The predicted octanol–water partition coefficient (Wildman–Crippen LogP) is 1.28. The van der Waals surface area contributed by atoms with Crippen molar-refractivity contribution < 1.29 is 9.53 Å². The van der Waals surface area contributed by atoms with E-state index in [2.05, 4.69) is 13.8 Å². The Hall–Kier alpha value is -0.570. The average Bonchev–Trinajstić information content (AvgIpc) is 2.49. The molecule has 1 aliphatic heterocycles. The zero-order valence-corrected chi connectivity index (χ0v) is 8.96. The largest absolute Gasteiger partial charge is 0.376 e. The second kappa shape index (κ2) is 3.66. The molecular formula is C10H19NO2. The molecule has 3 nitrogen and oxygen atoms in total. The molecule has 1 amide bonds. The quantitative estimate of drug-likeness (QED) is 0.648. The van der Waals surface area contributed by atoms with Crippen LogP contribution in [-0.4, -0.2) is 36.6 Å². The molecule has 13 heavy (non-hydrogen) atoms. The summed E-state index contributed by atoms with van der Waals surface area (Å²) in [6.45, 7) is 7.49. The lowest BCUT2D eigenvalue weighted by atomic mass is 9.89. The maximum absolute atomic E-state index is 11.1. The highest BCUT2D eigenvalue weighted by molar-refractivity contribution is 5.73. The number of amides is 1. The lowest BCUT2D eigenvalue weighted by molar-refractivity contribution is -0.129. The van der Waals surface area contributed by atoms with Crippen LogP contribution in [0.1, 0.15) is 27.2 Å². The van der Waals surface area contributed by atoms with Gasteiger partial charge in [0, 0.05) is 27.1 Å². The molecule has 0 bridgehead atoms. The van der Waals surface area contributed by atoms with E-state index < -0.39 is 0 Å². The standard InChI is InChI=1S/C10H19NO2/c1-8(2)10(13-4)5-6-11(7-10)9(3)12/h8H,5-7H2,1-4H3. The summed E-state index contributed by atoms with van der Waals surface area (Å²) in [5, 5.41) is 0. The van der Waals surface area contributed by atoms with Crippen LogP contribution in [0.3, 0.4) is 0 Å². The van der Waals surface area contributed by atoms with Gasteiger partial charge in [-0.25, -0.2) is 0 Å². The van der Waals surface area contributed by atoms with Crippen LogP contribution in [0.5, 0.6) is 0 Å². The van der Waals surface area contributed by atoms with Gasteiger partial charge in [0.05, 0.1) is 5.60 Å². The zero-order valence-electron chi connectivity index (χ0n) is 8.96. The van der Waals surface area contributed by atoms with E-state index >= 15 is 0 Å². The van der Waals surface area contributed by atoms with Gasteiger partial charge in [-0.3, -0.25) is 4.79 Å². The summed E-state index contributed by atoms with van der Waals surface area (Å²) in [6.07, 6.45) is 0.959. The minimum Gasteiger partial charge on any atom is -0.376 e. The molecule has 1 fully saturated rings. The van der Waals surface area contributed by atoms with E-state index in [4.69, 9.17) is 4.74 Å². The molecule has 1 heterocycles. The smallest absolute Gasteiger partial charge is 0.219 e. The van der Waals surface area contributed by atoms with Gasteiger partial charge in [0.25, 0.3) is 0 Å². The molecule has 1 aliphatic rings. The molecule has 1 saturated heterocycles. The zero-order chi connectivity index (χ0) is 10.1. The van der Waals surface area contributed by atoms with Gasteiger partial charge in [0.1, 0.15) is 0 Å². The Morgan fingerprint density at radius 1 is 1.54 bits per heavy atom. The summed E-state index contributed by atoms with van der Waals surface area (Å²) in [4.78, 5) is 13.0. The van der Waals surface area contributed by atoms with Crippen molar-refractivity contribution in [3.63, 3.8) is 0 Å². The third kappa shape index (κ3) is 1.85. The van der Waals surface area contributed by atoms with E-state index in [1.807, 2.05) is 4.90 Å². The van der Waals surface area contributed by atoms with Crippen LogP contribution in [0.25, 0.3) is 0 Å². The topological polar surface area (TPSA) is 29.5 Å². The van der Waals surface area contributed by atoms with Crippen LogP contribution in [0, 0.1) is 5.92 Å². The molecule has 0 aliphatic carbocycles. The highest BCUT2D eigenvalue weighted by atomic mass is 16.5. The molecule has 0 saturated carbocycles. The van der Waals surface area contributed by atoms with Gasteiger partial charge < -0.3 is 9.64 Å². The van der Waals surface area contributed by atoms with Crippen LogP contribution >= 0.6 is 0 Å². The first-order valence-corrected chi connectivity index (χ1v) is 4.82. The fraction of sp³-hybridized carbons (Fsp3) is 0.900. The van der Waals surface area contributed by atoms with Crippen molar-refractivity contribution in [3.8, 4) is 0 Å². The second-order valence-electron chi connectivity index (χ2n) is 4.11. The van der Waals surface area contributed by atoms with Crippen LogP contribution in [-0.2, 0) is 9.53 Å². The van der Waals surface area contributed by atoms with Crippen molar-refractivity contribution >= 4 is 5.91 Å². The van der Waals surface area contributed by atoms with Crippen molar-refractivity contribution in [2.24, 2.45) is 5.92 Å². The Balaban J connectivity index is 2.68. The van der Waals surface area contributed by atoms with Crippen LogP contribution in [0.4, 0.5) is 0 Å². The average molecular weight is 185 g/mol. The summed E-state index contributed by atoms with van der Waals surface area (Å²) >= 11 is 0. The summed E-state index contributed by atoms with van der Waals surface area (Å²) in [5.74, 6) is 0.612. The van der Waals surface area contributed by atoms with Gasteiger partial charge in [-0.15, -0.1) is 0 Å². The minimum absolute atomic E-state index is 0.105. The molecule has 3 heteroatoms. The van der Waals surface area contributed by atoms with Gasteiger partial charge in [-0.2, -0.15) is 0 Å². The molecule has 1 unspecified atom stereocenters. The number of rotatable bonds is 2. The number of nitrogens with zero attached hydrogens (tertiary/aromatic N) is 1. The first-order valence-electron chi connectivity index (χ1n) is 4.82. The lowest BCUT2D eigenvalue weighted by Crippen LogP contribution is -2.41. The molecule has 0 aromatic heterocycles. The Bertz CT molecular complexity index is 203. The van der Waals surface area contributed by atoms with E-state index in [0.717, 1.165) is 19.5 Å². The number of methoxy groups -OCH3 is 1. The van der Waals surface area contributed by atoms with Gasteiger partial charge in [-0.05, 0) is 12.3 Å². The van der Waals surface area contributed by atoms with E-state index in [1.54, 1.807) is 14.0 Å². The lowest BCUT2D eigenvalue weighted by Gasteiger charge is -2.31. The summed E-state index contributed by atoms with van der Waals surface area (Å²) in [7, 11) is 1.74. The highest BCUT2D eigenvalue weighted by Crippen LogP contribution is 2.31. The Labute approximate surface area is 80.1 Å². The molecule has 0 spiro atoms.